The van der Waals surface area contributed by atoms with Crippen LogP contribution in [0.15, 0.2) is 15.7 Å². The molecule has 1 saturated heterocycles. The normalized spacial score (nSPS) is 24.7. The fraction of sp³-hybridized carbons (Fsp3) is 0.500. The Labute approximate surface area is 118 Å². The summed E-state index contributed by atoms with van der Waals surface area (Å²) >= 11 is 0. The van der Waals surface area contributed by atoms with Crippen LogP contribution in [0.2, 0.25) is 0 Å². The standard InChI is InChI=1S/C12H15N3O6/c1-12(10(18)19)5-21-4-7(12)14-8(16)2-6-3-9(17)15-11(20)13-6/h3,7H,2,4-5H2,1H3,(H,14,16)(H,18,19)(H2,13,15,17,20). The number of aromatic amines is 2. The Morgan fingerprint density at radius 2 is 2.19 bits per heavy atom. The smallest absolute Gasteiger partial charge is 0.325 e. The van der Waals surface area contributed by atoms with Crippen molar-refractivity contribution < 1.29 is 19.4 Å². The Bertz CT molecular complexity index is 650. The molecule has 0 aliphatic carbocycles. The van der Waals surface area contributed by atoms with Crippen LogP contribution in [0.5, 0.6) is 0 Å². The Morgan fingerprint density at radius 1 is 1.48 bits per heavy atom. The Morgan fingerprint density at radius 3 is 2.81 bits per heavy atom. The van der Waals surface area contributed by atoms with Gasteiger partial charge >= 0.3 is 11.7 Å². The average Bonchev–Trinajstić information content (AvgIpc) is 2.70. The zero-order valence-electron chi connectivity index (χ0n) is 11.3. The van der Waals surface area contributed by atoms with Crippen LogP contribution in [-0.4, -0.2) is 46.2 Å². The van der Waals surface area contributed by atoms with Crippen molar-refractivity contribution in [3.05, 3.63) is 32.6 Å². The van der Waals surface area contributed by atoms with Crippen LogP contribution >= 0.6 is 0 Å². The molecule has 0 aromatic carbocycles. The third-order valence-electron chi connectivity index (χ3n) is 3.45. The molecule has 2 heterocycles. The first kappa shape index (κ1) is 15.0. The lowest BCUT2D eigenvalue weighted by atomic mass is 9.85. The SMILES string of the molecule is CC1(C(=O)O)COCC1NC(=O)Cc1cc(=O)[nH]c(=O)[nH]1. The van der Waals surface area contributed by atoms with Crippen LogP contribution < -0.4 is 16.6 Å². The molecule has 1 amide bonds. The van der Waals surface area contributed by atoms with Crippen molar-refractivity contribution in [3.63, 3.8) is 0 Å². The summed E-state index contributed by atoms with van der Waals surface area (Å²) in [6, 6.07) is 0.430. The molecule has 4 N–H and O–H groups in total. The molecule has 0 bridgehead atoms. The number of hydrogen-bond acceptors (Lipinski definition) is 5. The predicted octanol–water partition coefficient (Wildman–Crippen LogP) is -1.79. The molecule has 2 unspecified atom stereocenters. The van der Waals surface area contributed by atoms with Crippen molar-refractivity contribution in [3.8, 4) is 0 Å². The van der Waals surface area contributed by atoms with Gasteiger partial charge < -0.3 is 20.1 Å². The average molecular weight is 297 g/mol. The van der Waals surface area contributed by atoms with E-state index >= 15 is 0 Å². The van der Waals surface area contributed by atoms with Crippen LogP contribution in [0, 0.1) is 5.41 Å². The van der Waals surface area contributed by atoms with Crippen LogP contribution in [0.25, 0.3) is 0 Å². The van der Waals surface area contributed by atoms with Crippen molar-refractivity contribution >= 4 is 11.9 Å². The quantitative estimate of drug-likeness (QED) is 0.517. The second-order valence-corrected chi connectivity index (χ2v) is 5.15. The molecule has 114 valence electrons. The Kier molecular flexibility index (Phi) is 3.94. The number of carboxylic acids is 1. The number of ether oxygens (including phenoxy) is 1. The molecule has 1 aliphatic rings. The number of carboxylic acid groups (broad SMARTS) is 1. The van der Waals surface area contributed by atoms with E-state index in [0.717, 1.165) is 6.07 Å². The molecule has 2 atom stereocenters. The summed E-state index contributed by atoms with van der Waals surface area (Å²) in [6.45, 7) is 1.60. The highest BCUT2D eigenvalue weighted by Crippen LogP contribution is 2.28. The molecular formula is C12H15N3O6. The third-order valence-corrected chi connectivity index (χ3v) is 3.45. The van der Waals surface area contributed by atoms with Crippen LogP contribution in [0.4, 0.5) is 0 Å². The maximum atomic E-state index is 11.9. The van der Waals surface area contributed by atoms with Crippen LogP contribution in [-0.2, 0) is 20.7 Å². The minimum atomic E-state index is -1.20. The first-order valence-corrected chi connectivity index (χ1v) is 6.24. The largest absolute Gasteiger partial charge is 0.481 e. The number of aromatic nitrogens is 2. The number of H-pyrrole nitrogens is 2. The van der Waals surface area contributed by atoms with E-state index in [2.05, 4.69) is 10.3 Å². The van der Waals surface area contributed by atoms with Gasteiger partial charge in [-0.25, -0.2) is 4.79 Å². The fourth-order valence-electron chi connectivity index (χ4n) is 2.12. The molecule has 2 rings (SSSR count). The number of hydrogen-bond donors (Lipinski definition) is 4. The summed E-state index contributed by atoms with van der Waals surface area (Å²) in [6.07, 6.45) is -0.231. The van der Waals surface area contributed by atoms with E-state index in [4.69, 9.17) is 4.74 Å². The van der Waals surface area contributed by atoms with Crippen molar-refractivity contribution in [2.45, 2.75) is 19.4 Å². The second kappa shape index (κ2) is 5.52. The van der Waals surface area contributed by atoms with Crippen LogP contribution in [0.1, 0.15) is 12.6 Å². The lowest BCUT2D eigenvalue weighted by molar-refractivity contribution is -0.149. The van der Waals surface area contributed by atoms with Crippen molar-refractivity contribution in [1.29, 1.82) is 0 Å². The van der Waals surface area contributed by atoms with Gasteiger partial charge in [-0.3, -0.25) is 19.4 Å². The number of carbonyl (C=O) groups is 2. The van der Waals surface area contributed by atoms with Gasteiger partial charge in [0.05, 0.1) is 25.7 Å². The maximum absolute atomic E-state index is 11.9. The molecule has 9 nitrogen and oxygen atoms in total. The van der Waals surface area contributed by atoms with Gasteiger partial charge in [0.25, 0.3) is 5.56 Å². The molecule has 21 heavy (non-hydrogen) atoms. The van der Waals surface area contributed by atoms with E-state index in [1.165, 1.54) is 6.92 Å². The van der Waals surface area contributed by atoms with Gasteiger partial charge in [-0.1, -0.05) is 0 Å². The van der Waals surface area contributed by atoms with E-state index in [1.54, 1.807) is 0 Å². The number of carbonyl (C=O) groups excluding carboxylic acids is 1. The summed E-state index contributed by atoms with van der Waals surface area (Å²) in [7, 11) is 0. The molecule has 1 aromatic heterocycles. The third kappa shape index (κ3) is 3.19. The Hall–Kier alpha value is -2.42. The first-order chi connectivity index (χ1) is 9.81. The van der Waals surface area contributed by atoms with Gasteiger partial charge in [0.2, 0.25) is 5.91 Å². The topological polar surface area (TPSA) is 141 Å². The van der Waals surface area contributed by atoms with Gasteiger partial charge in [0, 0.05) is 11.8 Å². The second-order valence-electron chi connectivity index (χ2n) is 5.15. The van der Waals surface area contributed by atoms with Crippen molar-refractivity contribution in [1.82, 2.24) is 15.3 Å². The maximum Gasteiger partial charge on any atom is 0.325 e. The number of aliphatic carboxylic acids is 1. The van der Waals surface area contributed by atoms with Crippen LogP contribution in [0.3, 0.4) is 0 Å². The molecule has 0 spiro atoms. The van der Waals surface area contributed by atoms with Gasteiger partial charge in [0.15, 0.2) is 0 Å². The van der Waals surface area contributed by atoms with Gasteiger partial charge in [-0.15, -0.1) is 0 Å². The highest BCUT2D eigenvalue weighted by molar-refractivity contribution is 5.81. The minimum absolute atomic E-state index is 0.00905. The lowest BCUT2D eigenvalue weighted by Gasteiger charge is -2.25. The highest BCUT2D eigenvalue weighted by Gasteiger charge is 2.47. The lowest BCUT2D eigenvalue weighted by Crippen LogP contribution is -2.50. The Balaban J connectivity index is 2.06. The summed E-state index contributed by atoms with van der Waals surface area (Å²) in [4.78, 5) is 49.7. The predicted molar refractivity (Wildman–Crippen MR) is 69.9 cm³/mol. The molecular weight excluding hydrogens is 282 g/mol. The van der Waals surface area contributed by atoms with Gasteiger partial charge in [0.1, 0.15) is 5.41 Å². The summed E-state index contributed by atoms with van der Waals surface area (Å²) in [5.41, 5.74) is -2.36. The highest BCUT2D eigenvalue weighted by atomic mass is 16.5. The van der Waals surface area contributed by atoms with E-state index in [9.17, 15) is 24.3 Å². The van der Waals surface area contributed by atoms with E-state index in [-0.39, 0.29) is 25.3 Å². The van der Waals surface area contributed by atoms with Gasteiger partial charge in [-0.05, 0) is 6.92 Å². The summed E-state index contributed by atoms with van der Waals surface area (Å²) in [5, 5.41) is 11.8. The van der Waals surface area contributed by atoms with Gasteiger partial charge in [-0.2, -0.15) is 0 Å². The number of nitrogens with one attached hydrogen (secondary N) is 3. The number of rotatable bonds is 4. The fourth-order valence-corrected chi connectivity index (χ4v) is 2.12. The molecule has 1 aromatic rings. The van der Waals surface area contributed by atoms with E-state index in [1.807, 2.05) is 4.98 Å². The summed E-state index contributed by atoms with van der Waals surface area (Å²) in [5.74, 6) is -1.56. The van der Waals surface area contributed by atoms with Crippen molar-refractivity contribution in [2.75, 3.05) is 13.2 Å². The zero-order valence-corrected chi connectivity index (χ0v) is 11.3. The van der Waals surface area contributed by atoms with Crippen molar-refractivity contribution in [2.24, 2.45) is 5.41 Å². The molecule has 1 fully saturated rings. The molecule has 0 radical (unpaired) electrons. The molecule has 0 saturated carbocycles. The van der Waals surface area contributed by atoms with E-state index < -0.39 is 34.6 Å². The summed E-state index contributed by atoms with van der Waals surface area (Å²) < 4.78 is 5.11. The molecule has 1 aliphatic heterocycles. The number of amides is 1. The zero-order chi connectivity index (χ0) is 15.6. The monoisotopic (exact) mass is 297 g/mol. The first-order valence-electron chi connectivity index (χ1n) is 6.24. The minimum Gasteiger partial charge on any atom is -0.481 e. The molecule has 9 heteroatoms. The van der Waals surface area contributed by atoms with E-state index in [0.29, 0.717) is 0 Å².